The fourth-order valence-corrected chi connectivity index (χ4v) is 4.56. The maximum absolute atomic E-state index is 13.2. The van der Waals surface area contributed by atoms with E-state index in [0.717, 1.165) is 42.2 Å². The molecular weight excluding hydrogens is 419 g/mol. The van der Waals surface area contributed by atoms with Crippen molar-refractivity contribution in [1.29, 1.82) is 0 Å². The third-order valence-corrected chi connectivity index (χ3v) is 6.08. The Kier molecular flexibility index (Phi) is 11.8. The van der Waals surface area contributed by atoms with E-state index in [2.05, 4.69) is 19.2 Å². The quantitative estimate of drug-likeness (QED) is 0.288. The molecule has 6 heteroatoms. The van der Waals surface area contributed by atoms with Gasteiger partial charge in [-0.15, -0.1) is 11.8 Å². The van der Waals surface area contributed by atoms with E-state index in [4.69, 9.17) is 0 Å². The Labute approximate surface area is 189 Å². The lowest BCUT2D eigenvalue weighted by Gasteiger charge is -2.19. The summed E-state index contributed by atoms with van der Waals surface area (Å²) in [6.45, 7) is 10.1. The first-order valence-electron chi connectivity index (χ1n) is 11.0. The second-order valence-corrected chi connectivity index (χ2v) is 8.47. The lowest BCUT2D eigenvalue weighted by molar-refractivity contribution is -0.137. The Morgan fingerprint density at radius 3 is 2.06 bits per heavy atom. The Hall–Kier alpha value is -1.95. The topological polar surface area (TPSA) is 29.1 Å². The molecule has 0 atom stereocenters. The summed E-state index contributed by atoms with van der Waals surface area (Å²) in [5.41, 5.74) is 1.37. The minimum Gasteiger partial charge on any atom is -0.380 e. The van der Waals surface area contributed by atoms with Crippen molar-refractivity contribution in [3.8, 4) is 0 Å². The number of thioether (sulfide) groups is 1. The molecule has 0 spiro atoms. The summed E-state index contributed by atoms with van der Waals surface area (Å²) in [7, 11) is 0. The summed E-state index contributed by atoms with van der Waals surface area (Å²) in [5.74, 6) is -0.0148. The Bertz CT molecular complexity index is 797. The minimum atomic E-state index is -4.38. The third-order valence-electron chi connectivity index (χ3n) is 4.67. The van der Waals surface area contributed by atoms with Crippen LogP contribution in [0.4, 0.5) is 18.9 Å². The van der Waals surface area contributed by atoms with Gasteiger partial charge in [0.2, 0.25) is 0 Å². The summed E-state index contributed by atoms with van der Waals surface area (Å²) in [5, 5.41) is 3.56. The number of hydrogen-bond acceptors (Lipinski definition) is 3. The molecule has 0 fully saturated rings. The van der Waals surface area contributed by atoms with Gasteiger partial charge in [0.25, 0.3) is 0 Å². The van der Waals surface area contributed by atoms with Crippen LogP contribution in [0.5, 0.6) is 0 Å². The Morgan fingerprint density at radius 1 is 1.00 bits per heavy atom. The zero-order valence-corrected chi connectivity index (χ0v) is 19.9. The molecule has 172 valence electrons. The summed E-state index contributed by atoms with van der Waals surface area (Å²) in [4.78, 5) is 12.2. The monoisotopic (exact) mass is 453 g/mol. The lowest BCUT2D eigenvalue weighted by Crippen LogP contribution is -2.09. The zero-order chi connectivity index (χ0) is 23.4. The van der Waals surface area contributed by atoms with Crippen molar-refractivity contribution >= 4 is 23.2 Å². The van der Waals surface area contributed by atoms with Crippen molar-refractivity contribution in [3.63, 3.8) is 0 Å². The van der Waals surface area contributed by atoms with Gasteiger partial charge < -0.3 is 5.32 Å². The predicted molar refractivity (Wildman–Crippen MR) is 126 cm³/mol. The number of anilines is 1. The van der Waals surface area contributed by atoms with Crippen LogP contribution in [0.25, 0.3) is 0 Å². The molecule has 0 saturated carbocycles. The number of rotatable bonds is 10. The highest BCUT2D eigenvalue weighted by Crippen LogP contribution is 2.39. The molecule has 1 N–H and O–H groups in total. The van der Waals surface area contributed by atoms with Gasteiger partial charge in [0, 0.05) is 27.9 Å². The van der Waals surface area contributed by atoms with E-state index in [-0.39, 0.29) is 5.78 Å². The number of nitrogens with one attached hydrogen (secondary N) is 1. The molecular formula is C25H34F3NOS. The number of ketones is 1. The molecule has 2 aromatic rings. The highest BCUT2D eigenvalue weighted by molar-refractivity contribution is 8.00. The summed E-state index contributed by atoms with van der Waals surface area (Å²) in [6.07, 6.45) is -0.223. The van der Waals surface area contributed by atoms with E-state index in [9.17, 15) is 18.0 Å². The first-order chi connectivity index (χ1) is 14.7. The second-order valence-electron chi connectivity index (χ2n) is 7.13. The Morgan fingerprint density at radius 2 is 1.58 bits per heavy atom. The van der Waals surface area contributed by atoms with Gasteiger partial charge in [-0.25, -0.2) is 0 Å². The van der Waals surface area contributed by atoms with Gasteiger partial charge in [0.05, 0.1) is 5.56 Å². The standard InChI is InChI=1S/C23H28F3NOS.C2H6/c1-4-6-20(7-5-2)29-22-13-12-19(23(24,25)26)14-21(22)27-15-17-8-10-18(11-9-17)16(3)28;1-2/h8-14,20,27H,4-7,15H2,1-3H3;1-2H3. The average molecular weight is 454 g/mol. The molecule has 2 nitrogen and oxygen atoms in total. The van der Waals surface area contributed by atoms with Crippen LogP contribution in [-0.4, -0.2) is 11.0 Å². The zero-order valence-electron chi connectivity index (χ0n) is 19.1. The minimum absolute atomic E-state index is 0.0148. The van der Waals surface area contributed by atoms with Gasteiger partial charge in [-0.1, -0.05) is 64.8 Å². The van der Waals surface area contributed by atoms with E-state index in [1.807, 2.05) is 26.0 Å². The maximum atomic E-state index is 13.2. The molecule has 0 aromatic heterocycles. The largest absolute Gasteiger partial charge is 0.416 e. The summed E-state index contributed by atoms with van der Waals surface area (Å²) >= 11 is 1.65. The van der Waals surface area contributed by atoms with E-state index in [0.29, 0.717) is 23.0 Å². The number of Topliss-reactive ketones (excluding diaryl/α,β-unsaturated/α-hetero) is 1. The highest BCUT2D eigenvalue weighted by atomic mass is 32.2. The number of halogens is 3. The number of carbonyl (C=O) groups excluding carboxylic acids is 1. The van der Waals surface area contributed by atoms with Crippen molar-refractivity contribution in [2.45, 2.75) is 83.2 Å². The smallest absolute Gasteiger partial charge is 0.380 e. The third kappa shape index (κ3) is 8.98. The van der Waals surface area contributed by atoms with Crippen LogP contribution in [0.2, 0.25) is 0 Å². The molecule has 0 aliphatic heterocycles. The van der Waals surface area contributed by atoms with Crippen LogP contribution in [0.3, 0.4) is 0 Å². The maximum Gasteiger partial charge on any atom is 0.416 e. The average Bonchev–Trinajstić information content (AvgIpc) is 2.74. The van der Waals surface area contributed by atoms with E-state index < -0.39 is 11.7 Å². The summed E-state index contributed by atoms with van der Waals surface area (Å²) in [6, 6.07) is 11.0. The van der Waals surface area contributed by atoms with Gasteiger partial charge in [-0.2, -0.15) is 13.2 Å². The van der Waals surface area contributed by atoms with Crippen molar-refractivity contribution < 1.29 is 18.0 Å². The van der Waals surface area contributed by atoms with E-state index in [1.165, 1.54) is 13.0 Å². The van der Waals surface area contributed by atoms with Crippen LogP contribution in [-0.2, 0) is 12.7 Å². The highest BCUT2D eigenvalue weighted by Gasteiger charge is 2.31. The molecule has 0 aliphatic rings. The van der Waals surface area contributed by atoms with Crippen LogP contribution in [0, 0.1) is 0 Å². The van der Waals surface area contributed by atoms with Crippen molar-refractivity contribution in [1.82, 2.24) is 0 Å². The number of carbonyl (C=O) groups is 1. The molecule has 0 saturated heterocycles. The number of alkyl halides is 3. The van der Waals surface area contributed by atoms with Gasteiger partial charge >= 0.3 is 6.18 Å². The van der Waals surface area contributed by atoms with Crippen molar-refractivity contribution in [2.24, 2.45) is 0 Å². The van der Waals surface area contributed by atoms with Crippen LogP contribution in [0.1, 0.15) is 81.8 Å². The summed E-state index contributed by atoms with van der Waals surface area (Å²) < 4.78 is 39.7. The van der Waals surface area contributed by atoms with Crippen molar-refractivity contribution in [3.05, 3.63) is 59.2 Å². The molecule has 2 rings (SSSR count). The first kappa shape index (κ1) is 27.1. The van der Waals surface area contributed by atoms with Gasteiger partial charge in [0.1, 0.15) is 0 Å². The van der Waals surface area contributed by atoms with E-state index >= 15 is 0 Å². The molecule has 0 radical (unpaired) electrons. The molecule has 31 heavy (non-hydrogen) atoms. The lowest BCUT2D eigenvalue weighted by atomic mass is 10.1. The Balaban J connectivity index is 0.00000233. The van der Waals surface area contributed by atoms with Gasteiger partial charge in [0.15, 0.2) is 5.78 Å². The van der Waals surface area contributed by atoms with Crippen LogP contribution >= 0.6 is 11.8 Å². The number of hydrogen-bond donors (Lipinski definition) is 1. The molecule has 0 bridgehead atoms. The fourth-order valence-electron chi connectivity index (χ4n) is 3.09. The van der Waals surface area contributed by atoms with Crippen molar-refractivity contribution in [2.75, 3.05) is 5.32 Å². The van der Waals surface area contributed by atoms with Crippen LogP contribution < -0.4 is 5.32 Å². The second kappa shape index (κ2) is 13.5. The van der Waals surface area contributed by atoms with Gasteiger partial charge in [-0.05, 0) is 43.5 Å². The normalized spacial score (nSPS) is 11.1. The van der Waals surface area contributed by atoms with Gasteiger partial charge in [-0.3, -0.25) is 4.79 Å². The number of benzene rings is 2. The molecule has 0 aliphatic carbocycles. The first-order valence-corrected chi connectivity index (χ1v) is 11.8. The fraction of sp³-hybridized carbons (Fsp3) is 0.480. The molecule has 2 aromatic carbocycles. The molecule has 0 unspecified atom stereocenters. The molecule has 0 heterocycles. The SMILES string of the molecule is CC.CCCC(CCC)Sc1ccc(C(F)(F)F)cc1NCc1ccc(C(C)=O)cc1. The van der Waals surface area contributed by atoms with E-state index in [1.54, 1.807) is 30.0 Å². The van der Waals surface area contributed by atoms with Crippen LogP contribution in [0.15, 0.2) is 47.4 Å². The molecule has 0 amide bonds. The predicted octanol–water partition coefficient (Wildman–Crippen LogP) is 8.61.